The molecule has 0 radical (unpaired) electrons. The lowest BCUT2D eigenvalue weighted by molar-refractivity contribution is -0.130. The van der Waals surface area contributed by atoms with Crippen LogP contribution in [0.3, 0.4) is 0 Å². The van der Waals surface area contributed by atoms with Gasteiger partial charge in [-0.05, 0) is 62.6 Å². The van der Waals surface area contributed by atoms with Crippen LogP contribution in [0.1, 0.15) is 32.1 Å². The lowest BCUT2D eigenvalue weighted by Gasteiger charge is -2.47. The predicted octanol–water partition coefficient (Wildman–Crippen LogP) is 3.92. The fraction of sp³-hybridized carbons (Fsp3) is 0.600. The van der Waals surface area contributed by atoms with E-state index in [4.69, 9.17) is 4.74 Å². The van der Waals surface area contributed by atoms with Gasteiger partial charge in [0.1, 0.15) is 0 Å². The zero-order chi connectivity index (χ0) is 12.4. The molecule has 0 bridgehead atoms. The van der Waals surface area contributed by atoms with Crippen molar-refractivity contribution >= 4 is 17.4 Å². The lowest BCUT2D eigenvalue weighted by Crippen LogP contribution is -2.48. The first kappa shape index (κ1) is 12.4. The summed E-state index contributed by atoms with van der Waals surface area (Å²) in [6.45, 7) is 0.917. The third kappa shape index (κ3) is 2.52. The molecule has 3 rings (SSSR count). The highest BCUT2D eigenvalue weighted by atomic mass is 32.2. The zero-order valence-corrected chi connectivity index (χ0v) is 11.8. The van der Waals surface area contributed by atoms with E-state index < -0.39 is 0 Å². The Morgan fingerprint density at radius 1 is 1.28 bits per heavy atom. The Bertz CT molecular complexity index is 399. The average molecular weight is 263 g/mol. The summed E-state index contributed by atoms with van der Waals surface area (Å²) in [5.41, 5.74) is 1.48. The first-order valence-electron chi connectivity index (χ1n) is 6.84. The number of nitrogens with one attached hydrogen (secondary N) is 1. The number of ether oxygens (including phenoxy) is 1. The number of hydrogen-bond donors (Lipinski definition) is 1. The Balaban J connectivity index is 1.61. The van der Waals surface area contributed by atoms with Crippen LogP contribution < -0.4 is 5.32 Å². The second-order valence-electron chi connectivity index (χ2n) is 5.45. The van der Waals surface area contributed by atoms with Crippen LogP contribution >= 0.6 is 11.8 Å². The molecule has 1 heterocycles. The number of hydrogen-bond acceptors (Lipinski definition) is 3. The van der Waals surface area contributed by atoms with Crippen molar-refractivity contribution < 1.29 is 4.74 Å². The smallest absolute Gasteiger partial charge is 0.0702 e. The Morgan fingerprint density at radius 2 is 2.06 bits per heavy atom. The van der Waals surface area contributed by atoms with E-state index in [0.29, 0.717) is 6.04 Å². The van der Waals surface area contributed by atoms with E-state index in [-0.39, 0.29) is 5.60 Å². The summed E-state index contributed by atoms with van der Waals surface area (Å²) in [6, 6.07) is 9.33. The van der Waals surface area contributed by atoms with Gasteiger partial charge in [0, 0.05) is 23.2 Å². The molecule has 1 N–H and O–H groups in total. The highest BCUT2D eigenvalue weighted by Crippen LogP contribution is 2.42. The Labute approximate surface area is 113 Å². The molecule has 1 saturated heterocycles. The minimum absolute atomic E-state index is 0.231. The highest BCUT2D eigenvalue weighted by molar-refractivity contribution is 7.98. The van der Waals surface area contributed by atoms with Crippen LogP contribution in [0.2, 0.25) is 0 Å². The van der Waals surface area contributed by atoms with Crippen molar-refractivity contribution in [1.82, 2.24) is 0 Å². The predicted molar refractivity (Wildman–Crippen MR) is 77.4 cm³/mol. The number of thioether (sulfide) groups is 1. The summed E-state index contributed by atoms with van der Waals surface area (Å²) in [5, 5.41) is 3.67. The van der Waals surface area contributed by atoms with Gasteiger partial charge in [0.05, 0.1) is 5.60 Å². The van der Waals surface area contributed by atoms with Gasteiger partial charge in [0.15, 0.2) is 0 Å². The van der Waals surface area contributed by atoms with Crippen molar-refractivity contribution in [2.24, 2.45) is 0 Å². The zero-order valence-electron chi connectivity index (χ0n) is 10.9. The topological polar surface area (TPSA) is 21.3 Å². The molecule has 1 spiro atoms. The van der Waals surface area contributed by atoms with Crippen molar-refractivity contribution in [2.45, 2.75) is 48.6 Å². The number of benzene rings is 1. The van der Waals surface area contributed by atoms with E-state index in [9.17, 15) is 0 Å². The Morgan fingerprint density at radius 3 is 2.67 bits per heavy atom. The van der Waals surface area contributed by atoms with Crippen LogP contribution in [-0.4, -0.2) is 24.5 Å². The SMILES string of the molecule is CSc1ccc(NC2CCOC3(CCC3)C2)cc1. The Hall–Kier alpha value is -0.670. The number of anilines is 1. The summed E-state index contributed by atoms with van der Waals surface area (Å²) in [4.78, 5) is 1.32. The molecule has 0 amide bonds. The molecule has 2 aliphatic rings. The minimum Gasteiger partial charge on any atom is -0.382 e. The van der Waals surface area contributed by atoms with Crippen LogP contribution in [0.4, 0.5) is 5.69 Å². The summed E-state index contributed by atoms with van der Waals surface area (Å²) in [6.07, 6.45) is 8.28. The molecule has 2 fully saturated rings. The van der Waals surface area contributed by atoms with Gasteiger partial charge in [-0.2, -0.15) is 0 Å². The van der Waals surface area contributed by atoms with Crippen LogP contribution in [0.15, 0.2) is 29.2 Å². The molecule has 1 aliphatic carbocycles. The van der Waals surface area contributed by atoms with Crippen LogP contribution in [-0.2, 0) is 4.74 Å². The van der Waals surface area contributed by atoms with Gasteiger partial charge in [-0.3, -0.25) is 0 Å². The van der Waals surface area contributed by atoms with Gasteiger partial charge >= 0.3 is 0 Å². The number of rotatable bonds is 3. The van der Waals surface area contributed by atoms with Crippen LogP contribution in [0.5, 0.6) is 0 Å². The largest absolute Gasteiger partial charge is 0.382 e. The average Bonchev–Trinajstić information content (AvgIpc) is 2.38. The maximum Gasteiger partial charge on any atom is 0.0702 e. The molecular formula is C15H21NOS. The third-order valence-electron chi connectivity index (χ3n) is 4.22. The maximum absolute atomic E-state index is 5.96. The molecule has 1 unspecified atom stereocenters. The summed E-state index contributed by atoms with van der Waals surface area (Å²) < 4.78 is 5.96. The van der Waals surface area contributed by atoms with Gasteiger partial charge < -0.3 is 10.1 Å². The summed E-state index contributed by atoms with van der Waals surface area (Å²) in [5.74, 6) is 0. The van der Waals surface area contributed by atoms with Crippen molar-refractivity contribution in [3.05, 3.63) is 24.3 Å². The normalized spacial score (nSPS) is 25.7. The molecule has 2 nitrogen and oxygen atoms in total. The van der Waals surface area contributed by atoms with Crippen molar-refractivity contribution in [3.8, 4) is 0 Å². The maximum atomic E-state index is 5.96. The second-order valence-corrected chi connectivity index (χ2v) is 6.33. The van der Waals surface area contributed by atoms with Gasteiger partial charge in [-0.1, -0.05) is 0 Å². The Kier molecular flexibility index (Phi) is 3.53. The fourth-order valence-corrected chi connectivity index (χ4v) is 3.40. The molecule has 98 valence electrons. The van der Waals surface area contributed by atoms with E-state index in [2.05, 4.69) is 35.8 Å². The van der Waals surface area contributed by atoms with Crippen molar-refractivity contribution in [2.75, 3.05) is 18.2 Å². The molecule has 0 aromatic heterocycles. The first-order chi connectivity index (χ1) is 8.80. The van der Waals surface area contributed by atoms with E-state index in [1.54, 1.807) is 11.8 Å². The summed E-state index contributed by atoms with van der Waals surface area (Å²) >= 11 is 1.79. The molecular weight excluding hydrogens is 242 g/mol. The second kappa shape index (κ2) is 5.14. The van der Waals surface area contributed by atoms with Crippen LogP contribution in [0.25, 0.3) is 0 Å². The molecule has 1 aliphatic heterocycles. The van der Waals surface area contributed by atoms with Gasteiger partial charge in [-0.15, -0.1) is 11.8 Å². The monoisotopic (exact) mass is 263 g/mol. The molecule has 1 aromatic rings. The quantitative estimate of drug-likeness (QED) is 0.835. The minimum atomic E-state index is 0.231. The fourth-order valence-electron chi connectivity index (χ4n) is 2.99. The van der Waals surface area contributed by atoms with Gasteiger partial charge in [0.25, 0.3) is 0 Å². The van der Waals surface area contributed by atoms with E-state index in [1.165, 1.54) is 36.3 Å². The summed E-state index contributed by atoms with van der Waals surface area (Å²) in [7, 11) is 0. The standard InChI is InChI=1S/C15H21NOS/c1-18-14-5-3-12(4-6-14)16-13-7-10-17-15(11-13)8-2-9-15/h3-6,13,16H,2,7-11H2,1H3. The first-order valence-corrected chi connectivity index (χ1v) is 8.07. The lowest BCUT2D eigenvalue weighted by atomic mass is 9.74. The van der Waals surface area contributed by atoms with Gasteiger partial charge in [0.2, 0.25) is 0 Å². The molecule has 3 heteroatoms. The van der Waals surface area contributed by atoms with E-state index in [0.717, 1.165) is 13.0 Å². The van der Waals surface area contributed by atoms with E-state index >= 15 is 0 Å². The van der Waals surface area contributed by atoms with Crippen molar-refractivity contribution in [1.29, 1.82) is 0 Å². The van der Waals surface area contributed by atoms with Gasteiger partial charge in [-0.25, -0.2) is 0 Å². The molecule has 1 aromatic carbocycles. The highest BCUT2D eigenvalue weighted by Gasteiger charge is 2.42. The van der Waals surface area contributed by atoms with Crippen LogP contribution in [0, 0.1) is 0 Å². The van der Waals surface area contributed by atoms with E-state index in [1.807, 2.05) is 0 Å². The molecule has 1 saturated carbocycles. The molecule has 1 atom stereocenters. The molecule has 18 heavy (non-hydrogen) atoms. The van der Waals surface area contributed by atoms with Crippen molar-refractivity contribution in [3.63, 3.8) is 0 Å². The third-order valence-corrected chi connectivity index (χ3v) is 4.96.